The van der Waals surface area contributed by atoms with Gasteiger partial charge in [0, 0.05) is 18.4 Å². The van der Waals surface area contributed by atoms with Gasteiger partial charge in [0.05, 0.1) is 5.69 Å². The minimum atomic E-state index is 0.115. The van der Waals surface area contributed by atoms with Gasteiger partial charge in [-0.25, -0.2) is 19.6 Å². The molecule has 0 amide bonds. The highest BCUT2D eigenvalue weighted by atomic mass is 32.2. The maximum atomic E-state index is 4.49. The topological polar surface area (TPSA) is 68.5 Å². The van der Waals surface area contributed by atoms with E-state index in [0.29, 0.717) is 0 Å². The smallest absolute Gasteiger partial charge is 0.176 e. The van der Waals surface area contributed by atoms with Crippen molar-refractivity contribution in [3.63, 3.8) is 0 Å². The number of nitrogens with one attached hydrogen (secondary N) is 1. The number of benzene rings is 1. The standard InChI is InChI=1S/C17H16N6S2/c1-11(12-4-6-13(7-5-12)23-9-3-8-20-23)21-15-14-16(19-10-18-15)22-17(24-2)25-14/h3-11H,1-2H3,(H,18,19,21). The first-order chi connectivity index (χ1) is 12.2. The second-order valence-electron chi connectivity index (χ2n) is 5.47. The number of fused-ring (bicyclic) bond motifs is 1. The van der Waals surface area contributed by atoms with Crippen molar-refractivity contribution in [1.29, 1.82) is 0 Å². The lowest BCUT2D eigenvalue weighted by Crippen LogP contribution is -2.08. The second kappa shape index (κ2) is 6.81. The van der Waals surface area contributed by atoms with E-state index >= 15 is 0 Å². The van der Waals surface area contributed by atoms with E-state index in [1.54, 1.807) is 35.6 Å². The number of anilines is 1. The molecule has 0 fully saturated rings. The maximum Gasteiger partial charge on any atom is 0.176 e. The Labute approximate surface area is 153 Å². The Kier molecular flexibility index (Phi) is 4.37. The summed E-state index contributed by atoms with van der Waals surface area (Å²) in [4.78, 5) is 13.2. The molecule has 126 valence electrons. The first-order valence-corrected chi connectivity index (χ1v) is 9.81. The third-order valence-corrected chi connectivity index (χ3v) is 5.90. The molecule has 0 aliphatic heterocycles. The van der Waals surface area contributed by atoms with E-state index in [2.05, 4.69) is 56.6 Å². The summed E-state index contributed by atoms with van der Waals surface area (Å²) in [6.07, 6.45) is 7.28. The van der Waals surface area contributed by atoms with Gasteiger partial charge in [0.15, 0.2) is 9.99 Å². The van der Waals surface area contributed by atoms with Crippen LogP contribution in [-0.2, 0) is 0 Å². The molecule has 3 heterocycles. The van der Waals surface area contributed by atoms with Crippen LogP contribution in [0.4, 0.5) is 5.82 Å². The van der Waals surface area contributed by atoms with Crippen LogP contribution in [0.25, 0.3) is 16.0 Å². The van der Waals surface area contributed by atoms with Crippen LogP contribution in [0.1, 0.15) is 18.5 Å². The molecule has 0 spiro atoms. The molecule has 0 aliphatic carbocycles. The molecule has 0 saturated carbocycles. The zero-order chi connectivity index (χ0) is 17.2. The van der Waals surface area contributed by atoms with Crippen LogP contribution in [0.3, 0.4) is 0 Å². The fourth-order valence-electron chi connectivity index (χ4n) is 2.55. The second-order valence-corrected chi connectivity index (χ2v) is 7.52. The summed E-state index contributed by atoms with van der Waals surface area (Å²) in [5.41, 5.74) is 2.96. The summed E-state index contributed by atoms with van der Waals surface area (Å²) < 4.78 is 3.83. The SMILES string of the molecule is CSc1nc2ncnc(NC(C)c3ccc(-n4cccn4)cc3)c2s1. The van der Waals surface area contributed by atoms with Crippen LogP contribution in [0.15, 0.2) is 53.4 Å². The van der Waals surface area contributed by atoms with Gasteiger partial charge in [0.2, 0.25) is 0 Å². The van der Waals surface area contributed by atoms with Gasteiger partial charge in [-0.1, -0.05) is 23.9 Å². The van der Waals surface area contributed by atoms with Gasteiger partial charge in [-0.2, -0.15) is 5.10 Å². The molecule has 1 aromatic carbocycles. The number of rotatable bonds is 5. The summed E-state index contributed by atoms with van der Waals surface area (Å²) in [5, 5.41) is 7.73. The quantitative estimate of drug-likeness (QED) is 0.533. The molecule has 0 aliphatic rings. The molecule has 4 rings (SSSR count). The number of thiazole rings is 1. The van der Waals surface area contributed by atoms with E-state index in [4.69, 9.17) is 0 Å². The van der Waals surface area contributed by atoms with Gasteiger partial charge < -0.3 is 5.32 Å². The number of nitrogens with zero attached hydrogens (tertiary/aromatic N) is 5. The van der Waals surface area contributed by atoms with Crippen LogP contribution in [0.5, 0.6) is 0 Å². The number of hydrogen-bond acceptors (Lipinski definition) is 7. The van der Waals surface area contributed by atoms with Crippen molar-refractivity contribution in [2.45, 2.75) is 17.3 Å². The lowest BCUT2D eigenvalue weighted by atomic mass is 10.1. The van der Waals surface area contributed by atoms with Gasteiger partial charge in [-0.05, 0) is 36.9 Å². The van der Waals surface area contributed by atoms with Crippen LogP contribution >= 0.6 is 23.1 Å². The molecule has 1 unspecified atom stereocenters. The summed E-state index contributed by atoms with van der Waals surface area (Å²) in [6.45, 7) is 2.12. The molecule has 6 nitrogen and oxygen atoms in total. The van der Waals surface area contributed by atoms with Crippen molar-refractivity contribution in [2.24, 2.45) is 0 Å². The van der Waals surface area contributed by atoms with E-state index < -0.39 is 0 Å². The summed E-state index contributed by atoms with van der Waals surface area (Å²) in [6, 6.07) is 10.4. The molecular formula is C17H16N6S2. The zero-order valence-electron chi connectivity index (χ0n) is 13.7. The number of aromatic nitrogens is 5. The number of thioether (sulfide) groups is 1. The lowest BCUT2D eigenvalue weighted by molar-refractivity contribution is 0.860. The van der Waals surface area contributed by atoms with Crippen LogP contribution < -0.4 is 5.32 Å². The van der Waals surface area contributed by atoms with E-state index in [0.717, 1.165) is 26.2 Å². The van der Waals surface area contributed by atoms with E-state index in [1.165, 1.54) is 5.56 Å². The third kappa shape index (κ3) is 3.22. The molecule has 0 bridgehead atoms. The molecule has 4 aromatic rings. The maximum absolute atomic E-state index is 4.49. The highest BCUT2D eigenvalue weighted by molar-refractivity contribution is 8.00. The van der Waals surface area contributed by atoms with Crippen molar-refractivity contribution in [3.8, 4) is 5.69 Å². The fourth-order valence-corrected chi connectivity index (χ4v) is 4.02. The van der Waals surface area contributed by atoms with Crippen LogP contribution in [0.2, 0.25) is 0 Å². The molecule has 3 aromatic heterocycles. The highest BCUT2D eigenvalue weighted by Crippen LogP contribution is 2.32. The van der Waals surface area contributed by atoms with Crippen LogP contribution in [-0.4, -0.2) is 31.0 Å². The molecular weight excluding hydrogens is 352 g/mol. The Morgan fingerprint density at radius 3 is 2.76 bits per heavy atom. The van der Waals surface area contributed by atoms with Crippen molar-refractivity contribution >= 4 is 39.3 Å². The summed E-state index contributed by atoms with van der Waals surface area (Å²) in [5.74, 6) is 0.825. The van der Waals surface area contributed by atoms with Gasteiger partial charge in [0.25, 0.3) is 0 Å². The molecule has 1 atom stereocenters. The first-order valence-electron chi connectivity index (χ1n) is 7.76. The Morgan fingerprint density at radius 1 is 1.20 bits per heavy atom. The first kappa shape index (κ1) is 16.0. The third-order valence-electron chi connectivity index (χ3n) is 3.86. The zero-order valence-corrected chi connectivity index (χ0v) is 15.4. The van der Waals surface area contributed by atoms with Gasteiger partial charge in [0.1, 0.15) is 16.8 Å². The Balaban J connectivity index is 1.57. The van der Waals surface area contributed by atoms with E-state index in [1.807, 2.05) is 23.2 Å². The van der Waals surface area contributed by atoms with Crippen molar-refractivity contribution in [3.05, 3.63) is 54.6 Å². The summed E-state index contributed by atoms with van der Waals surface area (Å²) >= 11 is 3.24. The Hall–Kier alpha value is -2.45. The molecule has 0 saturated heterocycles. The van der Waals surface area contributed by atoms with Crippen molar-refractivity contribution < 1.29 is 0 Å². The Morgan fingerprint density at radius 2 is 2.04 bits per heavy atom. The lowest BCUT2D eigenvalue weighted by Gasteiger charge is -2.15. The summed E-state index contributed by atoms with van der Waals surface area (Å²) in [7, 11) is 0. The minimum absolute atomic E-state index is 0.115. The number of hydrogen-bond donors (Lipinski definition) is 1. The normalized spacial score (nSPS) is 12.4. The average Bonchev–Trinajstić information content (AvgIpc) is 3.32. The molecule has 0 radical (unpaired) electrons. The van der Waals surface area contributed by atoms with Crippen molar-refractivity contribution in [2.75, 3.05) is 11.6 Å². The van der Waals surface area contributed by atoms with Gasteiger partial charge >= 0.3 is 0 Å². The molecule has 1 N–H and O–H groups in total. The van der Waals surface area contributed by atoms with Crippen molar-refractivity contribution in [1.82, 2.24) is 24.7 Å². The van der Waals surface area contributed by atoms with E-state index in [9.17, 15) is 0 Å². The largest absolute Gasteiger partial charge is 0.362 e. The predicted octanol–water partition coefficient (Wildman–Crippen LogP) is 4.17. The minimum Gasteiger partial charge on any atom is -0.362 e. The molecule has 25 heavy (non-hydrogen) atoms. The fraction of sp³-hybridized carbons (Fsp3) is 0.176. The van der Waals surface area contributed by atoms with Crippen LogP contribution in [0, 0.1) is 0 Å². The molecule has 8 heteroatoms. The van der Waals surface area contributed by atoms with E-state index in [-0.39, 0.29) is 6.04 Å². The predicted molar refractivity (Wildman–Crippen MR) is 103 cm³/mol. The highest BCUT2D eigenvalue weighted by Gasteiger charge is 2.13. The monoisotopic (exact) mass is 368 g/mol. The average molecular weight is 368 g/mol. The van der Waals surface area contributed by atoms with Gasteiger partial charge in [-0.3, -0.25) is 0 Å². The van der Waals surface area contributed by atoms with Gasteiger partial charge in [-0.15, -0.1) is 11.3 Å². The Bertz CT molecular complexity index is 978.